The number of carbonyl (C=O) groups is 1. The number of carboxylic acids is 1. The van der Waals surface area contributed by atoms with Crippen LogP contribution in [0.4, 0.5) is 11.4 Å². The highest BCUT2D eigenvalue weighted by Gasteiger charge is 2.45. The van der Waals surface area contributed by atoms with Gasteiger partial charge >= 0.3 is 5.97 Å². The van der Waals surface area contributed by atoms with Crippen LogP contribution in [-0.2, 0) is 25.7 Å². The topological polar surface area (TPSA) is 102 Å². The van der Waals surface area contributed by atoms with Crippen LogP contribution in [0.25, 0.3) is 21.5 Å². The molecular formula is C51H67N3O5S+2. The second-order valence-electron chi connectivity index (χ2n) is 17.0. The van der Waals surface area contributed by atoms with Crippen LogP contribution < -0.4 is 9.80 Å². The van der Waals surface area contributed by atoms with Gasteiger partial charge in [-0.2, -0.15) is 13.0 Å². The predicted molar refractivity (Wildman–Crippen MR) is 251 cm³/mol. The summed E-state index contributed by atoms with van der Waals surface area (Å²) in [4.78, 5) is 15.1. The molecule has 0 atom stereocenters. The highest BCUT2D eigenvalue weighted by molar-refractivity contribution is 7.85. The van der Waals surface area contributed by atoms with Crippen LogP contribution >= 0.6 is 0 Å². The van der Waals surface area contributed by atoms with Crippen LogP contribution in [-0.4, -0.2) is 72.8 Å². The zero-order valence-electron chi connectivity index (χ0n) is 36.9. The van der Waals surface area contributed by atoms with Crippen molar-refractivity contribution in [2.45, 2.75) is 97.8 Å². The fraction of sp³-hybridized carbons (Fsp3) is 0.412. The van der Waals surface area contributed by atoms with Gasteiger partial charge in [-0.3, -0.25) is 9.35 Å². The molecule has 8 nitrogen and oxygen atoms in total. The minimum absolute atomic E-state index is 0.203. The average Bonchev–Trinajstić information content (AvgIpc) is 3.57. The molecule has 0 spiro atoms. The zero-order valence-corrected chi connectivity index (χ0v) is 37.7. The Bertz CT molecular complexity index is 2390. The van der Waals surface area contributed by atoms with Crippen LogP contribution in [0, 0.1) is 0 Å². The summed E-state index contributed by atoms with van der Waals surface area (Å²) in [7, 11) is -4.00. The molecule has 0 aliphatic carbocycles. The molecule has 0 bridgehead atoms. The van der Waals surface area contributed by atoms with Crippen LogP contribution in [0.1, 0.15) is 98.1 Å². The Balaban J connectivity index is 0.000000896. The molecular weight excluding hydrogens is 767 g/mol. The van der Waals surface area contributed by atoms with Crippen molar-refractivity contribution < 1.29 is 32.3 Å². The lowest BCUT2D eigenvalue weighted by atomic mass is 9.79. The van der Waals surface area contributed by atoms with E-state index in [4.69, 9.17) is 5.11 Å². The summed E-state index contributed by atoms with van der Waals surface area (Å²) in [6.45, 7) is 21.0. The van der Waals surface area contributed by atoms with Gasteiger partial charge in [-0.1, -0.05) is 98.8 Å². The summed E-state index contributed by atoms with van der Waals surface area (Å²) in [6, 6.07) is 25.7. The van der Waals surface area contributed by atoms with Gasteiger partial charge in [-0.05, 0) is 106 Å². The molecule has 4 aromatic carbocycles. The second-order valence-corrected chi connectivity index (χ2v) is 18.6. The number of unbranched alkanes of at least 4 members (excludes halogenated alkanes) is 3. The van der Waals surface area contributed by atoms with Crippen molar-refractivity contribution in [3.05, 3.63) is 132 Å². The molecule has 0 amide bonds. The van der Waals surface area contributed by atoms with Gasteiger partial charge in [0.2, 0.25) is 5.69 Å². The molecule has 0 saturated carbocycles. The maximum absolute atomic E-state index is 11.4. The molecule has 0 fully saturated rings. The smallest absolute Gasteiger partial charge is 0.303 e. The van der Waals surface area contributed by atoms with Crippen molar-refractivity contribution >= 4 is 54.7 Å². The number of anilines is 1. The van der Waals surface area contributed by atoms with Gasteiger partial charge < -0.3 is 14.9 Å². The quantitative estimate of drug-likeness (QED) is 0.0400. The van der Waals surface area contributed by atoms with Crippen LogP contribution in [0.2, 0.25) is 0 Å². The number of nitrogens with zero attached hydrogens (tertiary/aromatic N) is 2. The van der Waals surface area contributed by atoms with Gasteiger partial charge in [0, 0.05) is 53.9 Å². The molecule has 320 valence electrons. The van der Waals surface area contributed by atoms with E-state index in [-0.39, 0.29) is 23.0 Å². The first-order chi connectivity index (χ1) is 28.6. The van der Waals surface area contributed by atoms with Crippen LogP contribution in [0.3, 0.4) is 0 Å². The maximum atomic E-state index is 11.4. The lowest BCUT2D eigenvalue weighted by Gasteiger charge is -2.27. The first-order valence-corrected chi connectivity index (χ1v) is 23.5. The Kier molecular flexibility index (Phi) is 15.9. The highest BCUT2D eigenvalue weighted by atomic mass is 32.2. The third kappa shape index (κ3) is 10.9. The lowest BCUT2D eigenvalue weighted by molar-refractivity contribution is -0.894. The summed E-state index contributed by atoms with van der Waals surface area (Å²) in [6.07, 6.45) is 18.3. The number of aliphatic carboxylic acids is 1. The summed E-state index contributed by atoms with van der Waals surface area (Å²) >= 11 is 0. The molecule has 3 N–H and O–H groups in total. The number of benzene rings is 4. The van der Waals surface area contributed by atoms with Crippen molar-refractivity contribution in [3.63, 3.8) is 0 Å². The van der Waals surface area contributed by atoms with Crippen LogP contribution in [0.5, 0.6) is 0 Å². The van der Waals surface area contributed by atoms with Crippen molar-refractivity contribution in [1.29, 1.82) is 0 Å². The number of rotatable bonds is 18. The molecule has 2 aliphatic rings. The van der Waals surface area contributed by atoms with Gasteiger partial charge in [0.1, 0.15) is 6.54 Å². The van der Waals surface area contributed by atoms with E-state index >= 15 is 0 Å². The van der Waals surface area contributed by atoms with Crippen molar-refractivity contribution in [1.82, 2.24) is 0 Å². The number of carboxylic acid groups (broad SMARTS) is 1. The Morgan fingerprint density at radius 3 is 1.93 bits per heavy atom. The fourth-order valence-electron chi connectivity index (χ4n) is 9.07. The normalized spacial score (nSPS) is 16.6. The number of allylic oxidation sites excluding steroid dienone is 8. The number of nitrogens with one attached hydrogen (secondary N) is 1. The molecule has 0 radical (unpaired) electrons. The van der Waals surface area contributed by atoms with E-state index < -0.39 is 16.1 Å². The van der Waals surface area contributed by atoms with E-state index in [0.717, 1.165) is 30.8 Å². The average molecular weight is 834 g/mol. The van der Waals surface area contributed by atoms with E-state index in [9.17, 15) is 17.8 Å². The zero-order chi connectivity index (χ0) is 43.5. The Morgan fingerprint density at radius 1 is 0.717 bits per heavy atom. The van der Waals surface area contributed by atoms with Gasteiger partial charge in [0.05, 0.1) is 30.8 Å². The van der Waals surface area contributed by atoms with Crippen LogP contribution in [0.15, 0.2) is 121 Å². The first kappa shape index (κ1) is 46.2. The third-order valence-electron chi connectivity index (χ3n) is 12.3. The van der Waals surface area contributed by atoms with Crippen molar-refractivity contribution in [3.8, 4) is 0 Å². The largest absolute Gasteiger partial charge is 0.481 e. The molecule has 60 heavy (non-hydrogen) atoms. The number of hydrogen-bond donors (Lipinski definition) is 3. The first-order valence-electron chi connectivity index (χ1n) is 21.8. The minimum Gasteiger partial charge on any atom is -0.481 e. The fourth-order valence-corrected chi connectivity index (χ4v) is 9.63. The molecule has 9 heteroatoms. The van der Waals surface area contributed by atoms with Crippen molar-refractivity contribution in [2.24, 2.45) is 0 Å². The molecule has 0 unspecified atom stereocenters. The van der Waals surface area contributed by atoms with Gasteiger partial charge in [-0.15, -0.1) is 0 Å². The van der Waals surface area contributed by atoms with E-state index in [2.05, 4.69) is 161 Å². The number of hydrogen-bond acceptors (Lipinski definition) is 4. The summed E-state index contributed by atoms with van der Waals surface area (Å²) in [5, 5.41) is 14.0. The number of quaternary nitrogens is 1. The van der Waals surface area contributed by atoms with Crippen molar-refractivity contribution in [2.75, 3.05) is 43.4 Å². The highest BCUT2D eigenvalue weighted by Crippen LogP contribution is 2.51. The molecule has 0 aromatic heterocycles. The van der Waals surface area contributed by atoms with E-state index in [1.807, 2.05) is 12.2 Å². The third-order valence-corrected chi connectivity index (χ3v) is 13.1. The SMILES string of the molecule is CC1(C)C(=CC=CC=CC=CC2=[N+](CCCCCC(=O)O)c3ccc4ccccc4c3C2(C)C)N(CCCCS(=O)(=O)O)c2ccc3ccccc3c21.CC[NH+](CC)CC. The molecule has 0 saturated heterocycles. The number of fused-ring (bicyclic) bond motifs is 6. The minimum atomic E-state index is -4.00. The lowest BCUT2D eigenvalue weighted by Crippen LogP contribution is -3.11. The predicted octanol–water partition coefficient (Wildman–Crippen LogP) is 9.96. The van der Waals surface area contributed by atoms with Gasteiger partial charge in [0.15, 0.2) is 5.71 Å². The maximum Gasteiger partial charge on any atom is 0.303 e. The summed E-state index contributed by atoms with van der Waals surface area (Å²) in [5.41, 5.74) is 6.80. The second kappa shape index (κ2) is 20.6. The monoisotopic (exact) mass is 833 g/mol. The Labute approximate surface area is 359 Å². The van der Waals surface area contributed by atoms with E-state index in [0.29, 0.717) is 25.8 Å². The van der Waals surface area contributed by atoms with E-state index in [1.54, 1.807) is 4.90 Å². The molecule has 4 aromatic rings. The molecule has 2 aliphatic heterocycles. The Morgan fingerprint density at radius 2 is 1.32 bits per heavy atom. The molecule has 2 heterocycles. The van der Waals surface area contributed by atoms with Gasteiger partial charge in [-0.25, -0.2) is 0 Å². The summed E-state index contributed by atoms with van der Waals surface area (Å²) < 4.78 is 34.5. The van der Waals surface area contributed by atoms with E-state index in [1.165, 1.54) is 63.7 Å². The van der Waals surface area contributed by atoms with Gasteiger partial charge in [0.25, 0.3) is 10.1 Å². The molecule has 6 rings (SSSR count). The Hall–Kier alpha value is -4.83. The standard InChI is InChI=1S/C45H50N2O5S.C6H15N/c1-44(2)39(46(30-16-8-11-25-41(48)49)37-28-26-33-19-12-14-21-35(33)42(37)44)23-9-6-5-7-10-24-40-45(3,4)43-36-22-15-13-20-34(36)27-29-38(43)47(40)31-17-18-32-53(50,51)52;1-4-7(5-2)6-3/h5-7,9-10,12-15,19-24,26-29H,8,11,16-18,25,30-32H2,1-4H3,(H-,48,49,50,51,52);4-6H2,1-3H3/p+2. The summed E-state index contributed by atoms with van der Waals surface area (Å²) in [5.74, 6) is -0.983.